The zero-order valence-electron chi connectivity index (χ0n) is 14.7. The molecule has 0 saturated carbocycles. The molecule has 0 aromatic heterocycles. The van der Waals surface area contributed by atoms with Crippen molar-refractivity contribution in [2.75, 3.05) is 22.9 Å². The summed E-state index contributed by atoms with van der Waals surface area (Å²) in [6, 6.07) is 14.0. The molecule has 0 aliphatic carbocycles. The molecule has 1 N–H and O–H groups in total. The highest BCUT2D eigenvalue weighted by Crippen LogP contribution is 2.25. The van der Waals surface area contributed by atoms with Crippen LogP contribution in [0.15, 0.2) is 54.2 Å². The Hall–Kier alpha value is -2.73. The van der Waals surface area contributed by atoms with Crippen molar-refractivity contribution in [2.45, 2.75) is 13.8 Å². The Labute approximate surface area is 157 Å². The van der Waals surface area contributed by atoms with Gasteiger partial charge in [0.05, 0.1) is 5.69 Å². The van der Waals surface area contributed by atoms with Crippen LogP contribution in [0, 0.1) is 5.82 Å². The van der Waals surface area contributed by atoms with Crippen LogP contribution in [0.2, 0.25) is 0 Å². The van der Waals surface area contributed by atoms with Crippen molar-refractivity contribution in [3.8, 4) is 0 Å². The van der Waals surface area contributed by atoms with Crippen LogP contribution < -0.4 is 15.1 Å². The third-order valence-electron chi connectivity index (χ3n) is 4.30. The number of nitrogens with one attached hydrogen (secondary N) is 1. The van der Waals surface area contributed by atoms with Gasteiger partial charge in [-0.3, -0.25) is 4.79 Å². The molecule has 1 aliphatic heterocycles. The Morgan fingerprint density at radius 3 is 2.38 bits per heavy atom. The summed E-state index contributed by atoms with van der Waals surface area (Å²) >= 11 is 5.22. The first-order chi connectivity index (χ1) is 12.5. The number of para-hydroxylation sites is 1. The van der Waals surface area contributed by atoms with Gasteiger partial charge in [0.25, 0.3) is 5.91 Å². The van der Waals surface area contributed by atoms with Gasteiger partial charge in [0.15, 0.2) is 5.11 Å². The third kappa shape index (κ3) is 3.46. The molecule has 26 heavy (non-hydrogen) atoms. The van der Waals surface area contributed by atoms with Crippen molar-refractivity contribution in [1.82, 2.24) is 5.32 Å². The Morgan fingerprint density at radius 1 is 1.12 bits per heavy atom. The van der Waals surface area contributed by atoms with Crippen molar-refractivity contribution in [3.63, 3.8) is 0 Å². The molecule has 0 bridgehead atoms. The van der Waals surface area contributed by atoms with Gasteiger partial charge in [-0.05, 0) is 62.0 Å². The maximum Gasteiger partial charge on any atom is 0.281 e. The van der Waals surface area contributed by atoms with Gasteiger partial charge in [-0.1, -0.05) is 24.3 Å². The minimum atomic E-state index is -0.491. The second-order valence-electron chi connectivity index (χ2n) is 5.84. The van der Waals surface area contributed by atoms with Gasteiger partial charge in [-0.25, -0.2) is 9.29 Å². The molecule has 2 aromatic carbocycles. The number of amides is 1. The first-order valence-corrected chi connectivity index (χ1v) is 8.92. The lowest BCUT2D eigenvalue weighted by Crippen LogP contribution is -2.31. The van der Waals surface area contributed by atoms with Crippen LogP contribution in [0.25, 0.3) is 6.08 Å². The van der Waals surface area contributed by atoms with E-state index in [9.17, 15) is 9.18 Å². The predicted octanol–water partition coefficient (Wildman–Crippen LogP) is 3.93. The smallest absolute Gasteiger partial charge is 0.281 e. The quantitative estimate of drug-likeness (QED) is 0.640. The number of nitrogens with zero attached hydrogens (tertiary/aromatic N) is 2. The number of thiocarbonyl (C=S) groups is 1. The highest BCUT2D eigenvalue weighted by atomic mass is 32.1. The summed E-state index contributed by atoms with van der Waals surface area (Å²) in [5.74, 6) is -0.859. The third-order valence-corrected chi connectivity index (χ3v) is 4.59. The summed E-state index contributed by atoms with van der Waals surface area (Å²) in [4.78, 5) is 16.1. The van der Waals surface area contributed by atoms with E-state index in [0.717, 1.165) is 24.3 Å². The Morgan fingerprint density at radius 2 is 1.77 bits per heavy atom. The van der Waals surface area contributed by atoms with E-state index >= 15 is 0 Å². The fourth-order valence-corrected chi connectivity index (χ4v) is 3.21. The molecule has 1 heterocycles. The van der Waals surface area contributed by atoms with Crippen molar-refractivity contribution in [3.05, 3.63) is 65.6 Å². The SMILES string of the molecule is CCN(CC)c1ccc(/C=C2\NC(=S)N(c3ccccc3F)C2=O)cc1. The molecule has 4 nitrogen and oxygen atoms in total. The van der Waals surface area contributed by atoms with E-state index in [1.54, 1.807) is 18.2 Å². The lowest BCUT2D eigenvalue weighted by molar-refractivity contribution is -0.113. The standard InChI is InChI=1S/C20H20FN3OS/c1-3-23(4-2)15-11-9-14(10-12-15)13-17-19(25)24(20(26)22-17)18-8-6-5-7-16(18)21/h5-13H,3-4H2,1-2H3,(H,22,26)/b17-13-. The molecule has 0 spiro atoms. The van der Waals surface area contributed by atoms with Crippen molar-refractivity contribution < 1.29 is 9.18 Å². The molecule has 0 atom stereocenters. The van der Waals surface area contributed by atoms with Crippen LogP contribution in [-0.2, 0) is 4.79 Å². The normalized spacial score (nSPS) is 15.5. The van der Waals surface area contributed by atoms with E-state index in [0.29, 0.717) is 5.70 Å². The van der Waals surface area contributed by atoms with Gasteiger partial charge in [-0.2, -0.15) is 0 Å². The summed E-state index contributed by atoms with van der Waals surface area (Å²) in [6.45, 7) is 6.09. The number of rotatable bonds is 5. The zero-order valence-corrected chi connectivity index (χ0v) is 15.5. The second kappa shape index (κ2) is 7.66. The van der Waals surface area contributed by atoms with Gasteiger partial charge >= 0.3 is 0 Å². The average Bonchev–Trinajstić information content (AvgIpc) is 2.91. The summed E-state index contributed by atoms with van der Waals surface area (Å²) in [7, 11) is 0. The molecular weight excluding hydrogens is 349 g/mol. The molecule has 1 saturated heterocycles. The number of anilines is 2. The monoisotopic (exact) mass is 369 g/mol. The molecule has 2 aromatic rings. The molecule has 0 radical (unpaired) electrons. The fraction of sp³-hybridized carbons (Fsp3) is 0.200. The van der Waals surface area contributed by atoms with E-state index in [1.807, 2.05) is 24.3 Å². The molecule has 134 valence electrons. The molecule has 0 unspecified atom stereocenters. The number of halogens is 1. The molecule has 1 amide bonds. The van der Waals surface area contributed by atoms with Gasteiger partial charge in [0.1, 0.15) is 11.5 Å². The average molecular weight is 369 g/mol. The van der Waals surface area contributed by atoms with E-state index in [-0.39, 0.29) is 16.7 Å². The maximum atomic E-state index is 14.0. The minimum absolute atomic E-state index is 0.148. The van der Waals surface area contributed by atoms with Crippen LogP contribution in [-0.4, -0.2) is 24.1 Å². The van der Waals surface area contributed by atoms with Gasteiger partial charge in [0.2, 0.25) is 0 Å². The zero-order chi connectivity index (χ0) is 18.7. The molecule has 1 fully saturated rings. The van der Waals surface area contributed by atoms with Gasteiger partial charge in [-0.15, -0.1) is 0 Å². The van der Waals surface area contributed by atoms with Gasteiger partial charge in [0, 0.05) is 18.8 Å². The van der Waals surface area contributed by atoms with Crippen LogP contribution in [0.4, 0.5) is 15.8 Å². The van der Waals surface area contributed by atoms with Crippen molar-refractivity contribution in [2.24, 2.45) is 0 Å². The molecular formula is C20H20FN3OS. The first-order valence-electron chi connectivity index (χ1n) is 8.51. The maximum absolute atomic E-state index is 14.0. The van der Waals surface area contributed by atoms with E-state index in [4.69, 9.17) is 12.2 Å². The lowest BCUT2D eigenvalue weighted by atomic mass is 10.1. The first kappa shape index (κ1) is 18.1. The van der Waals surface area contributed by atoms with Crippen molar-refractivity contribution in [1.29, 1.82) is 0 Å². The number of carbonyl (C=O) groups is 1. The summed E-state index contributed by atoms with van der Waals surface area (Å²) < 4.78 is 14.0. The highest BCUT2D eigenvalue weighted by molar-refractivity contribution is 7.80. The Balaban J connectivity index is 1.85. The molecule has 3 rings (SSSR count). The van der Waals surface area contributed by atoms with Crippen LogP contribution in [0.3, 0.4) is 0 Å². The Kier molecular flexibility index (Phi) is 5.32. The Bertz CT molecular complexity index is 860. The number of hydrogen-bond acceptors (Lipinski definition) is 3. The van der Waals surface area contributed by atoms with E-state index < -0.39 is 5.82 Å². The van der Waals surface area contributed by atoms with Crippen LogP contribution in [0.1, 0.15) is 19.4 Å². The number of benzene rings is 2. The van der Waals surface area contributed by atoms with E-state index in [1.165, 1.54) is 17.0 Å². The summed E-state index contributed by atoms with van der Waals surface area (Å²) in [5, 5.41) is 3.05. The largest absolute Gasteiger partial charge is 0.372 e. The number of carbonyl (C=O) groups excluding carboxylic acids is 1. The minimum Gasteiger partial charge on any atom is -0.372 e. The second-order valence-corrected chi connectivity index (χ2v) is 6.23. The molecule has 1 aliphatic rings. The highest BCUT2D eigenvalue weighted by Gasteiger charge is 2.33. The fourth-order valence-electron chi connectivity index (χ4n) is 2.92. The van der Waals surface area contributed by atoms with Crippen LogP contribution >= 0.6 is 12.2 Å². The summed E-state index contributed by atoms with van der Waals surface area (Å²) in [6.07, 6.45) is 1.72. The summed E-state index contributed by atoms with van der Waals surface area (Å²) in [5.41, 5.74) is 2.48. The number of hydrogen-bond donors (Lipinski definition) is 1. The van der Waals surface area contributed by atoms with Crippen LogP contribution in [0.5, 0.6) is 0 Å². The van der Waals surface area contributed by atoms with Crippen molar-refractivity contribution >= 4 is 40.7 Å². The predicted molar refractivity (Wildman–Crippen MR) is 108 cm³/mol. The molecule has 6 heteroatoms. The lowest BCUT2D eigenvalue weighted by Gasteiger charge is -2.20. The topological polar surface area (TPSA) is 35.6 Å². The van der Waals surface area contributed by atoms with E-state index in [2.05, 4.69) is 24.1 Å². The van der Waals surface area contributed by atoms with Gasteiger partial charge < -0.3 is 10.2 Å².